The van der Waals surface area contributed by atoms with Crippen molar-refractivity contribution in [1.82, 2.24) is 0 Å². The summed E-state index contributed by atoms with van der Waals surface area (Å²) in [5, 5.41) is 0. The highest BCUT2D eigenvalue weighted by molar-refractivity contribution is 7.45. The van der Waals surface area contributed by atoms with Crippen LogP contribution in [-0.2, 0) is 32.7 Å². The standard InChI is InChI=1S/C67H126NO8P/c1-6-8-10-12-14-16-18-20-21-22-23-24-25-26-27-28-29-30-31-32-33-34-35-36-37-38-39-40-41-42-43-44-45-46-48-49-51-53-55-57-59-66(69)73-63-65(64-75-77(71,72)74-62-61-68(3,4)5)76-67(70)60-58-56-54-52-50-47-19-17-15-13-11-9-7-2/h9,11,15,17,47,50,54,56,65H,6-8,10,12-14,16,18-46,48-49,51-53,55,57-64H2,1-5H3/b11-9-,17-15-,50-47-,56-54-. The molecule has 2 atom stereocenters. The Hall–Kier alpha value is -2.03. The summed E-state index contributed by atoms with van der Waals surface area (Å²) in [4.78, 5) is 37.7. The van der Waals surface area contributed by atoms with Crippen molar-refractivity contribution in [1.29, 1.82) is 0 Å². The Labute approximate surface area is 477 Å². The number of carbonyl (C=O) groups is 2. The molecular weight excluding hydrogens is 978 g/mol. The average molecular weight is 1100 g/mol. The number of phosphoric ester groups is 1. The molecule has 0 fully saturated rings. The van der Waals surface area contributed by atoms with E-state index in [9.17, 15) is 19.0 Å². The summed E-state index contributed by atoms with van der Waals surface area (Å²) in [6.07, 6.45) is 75.5. The van der Waals surface area contributed by atoms with E-state index in [1.165, 1.54) is 238 Å². The number of hydrogen-bond acceptors (Lipinski definition) is 8. The van der Waals surface area contributed by atoms with Gasteiger partial charge < -0.3 is 27.9 Å². The number of phosphoric acid groups is 1. The van der Waals surface area contributed by atoms with Gasteiger partial charge >= 0.3 is 11.9 Å². The number of nitrogens with zero attached hydrogens (tertiary/aromatic N) is 1. The molecule has 0 amide bonds. The summed E-state index contributed by atoms with van der Waals surface area (Å²) in [5.74, 6) is -0.919. The van der Waals surface area contributed by atoms with Crippen LogP contribution in [0.3, 0.4) is 0 Å². The molecule has 0 aromatic carbocycles. The van der Waals surface area contributed by atoms with E-state index >= 15 is 0 Å². The number of hydrogen-bond donors (Lipinski definition) is 0. The third-order valence-corrected chi connectivity index (χ3v) is 15.6. The second kappa shape index (κ2) is 58.6. The van der Waals surface area contributed by atoms with Gasteiger partial charge in [0.2, 0.25) is 0 Å². The van der Waals surface area contributed by atoms with E-state index in [1.807, 2.05) is 33.3 Å². The highest BCUT2D eigenvalue weighted by Crippen LogP contribution is 2.38. The molecule has 0 aliphatic heterocycles. The molecule has 10 heteroatoms. The molecule has 0 rings (SSSR count). The number of allylic oxidation sites excluding steroid dienone is 8. The molecule has 2 unspecified atom stereocenters. The molecule has 0 heterocycles. The Balaban J connectivity index is 3.82. The maximum absolute atomic E-state index is 12.7. The van der Waals surface area contributed by atoms with E-state index in [1.54, 1.807) is 0 Å². The fourth-order valence-electron chi connectivity index (χ4n) is 9.62. The average Bonchev–Trinajstić information content (AvgIpc) is 3.39. The molecule has 0 spiro atoms. The van der Waals surface area contributed by atoms with Gasteiger partial charge in [0.25, 0.3) is 7.82 Å². The molecule has 0 aliphatic rings. The molecule has 0 N–H and O–H groups in total. The quantitative estimate of drug-likeness (QED) is 0.0195. The van der Waals surface area contributed by atoms with Crippen LogP contribution in [0.5, 0.6) is 0 Å². The zero-order valence-corrected chi connectivity index (χ0v) is 52.3. The molecule has 9 nitrogen and oxygen atoms in total. The lowest BCUT2D eigenvalue weighted by atomic mass is 10.0. The lowest BCUT2D eigenvalue weighted by Crippen LogP contribution is -2.37. The highest BCUT2D eigenvalue weighted by atomic mass is 31.2. The first-order chi connectivity index (χ1) is 37.5. The van der Waals surface area contributed by atoms with Crippen LogP contribution < -0.4 is 4.89 Å². The SMILES string of the molecule is CC/C=C\C/C=C\C/C=C\C/C=C\CCC(=O)OC(COC(=O)CCCCCCCCCCCCCCCCCCCCCCCCCCCCCCCCCCCCCCCCCC)COP(=O)([O-])OCC[N+](C)(C)C. The molecule has 0 bridgehead atoms. The number of carbonyl (C=O) groups excluding carboxylic acids is 2. The van der Waals surface area contributed by atoms with Gasteiger partial charge in [0.05, 0.1) is 27.7 Å². The summed E-state index contributed by atoms with van der Waals surface area (Å²) >= 11 is 0. The van der Waals surface area contributed by atoms with E-state index in [2.05, 4.69) is 50.3 Å². The Morgan fingerprint density at radius 3 is 1.08 bits per heavy atom. The number of likely N-dealkylation sites (N-methyl/N-ethyl adjacent to an activating group) is 1. The minimum absolute atomic E-state index is 0.0433. The van der Waals surface area contributed by atoms with E-state index in [0.717, 1.165) is 44.9 Å². The maximum Gasteiger partial charge on any atom is 0.306 e. The Kier molecular flexibility index (Phi) is 57.1. The van der Waals surface area contributed by atoms with Crippen molar-refractivity contribution in [2.24, 2.45) is 0 Å². The van der Waals surface area contributed by atoms with Crippen molar-refractivity contribution in [3.8, 4) is 0 Å². The van der Waals surface area contributed by atoms with Crippen molar-refractivity contribution < 1.29 is 42.1 Å². The lowest BCUT2D eigenvalue weighted by Gasteiger charge is -2.28. The molecular formula is C67H126NO8P. The first-order valence-electron chi connectivity index (χ1n) is 32.8. The first-order valence-corrected chi connectivity index (χ1v) is 34.3. The van der Waals surface area contributed by atoms with Gasteiger partial charge in [-0.25, -0.2) is 0 Å². The van der Waals surface area contributed by atoms with Gasteiger partial charge in [0.1, 0.15) is 19.8 Å². The molecule has 0 aliphatic carbocycles. The van der Waals surface area contributed by atoms with Crippen molar-refractivity contribution in [2.75, 3.05) is 47.5 Å². The Morgan fingerprint density at radius 1 is 0.416 bits per heavy atom. The highest BCUT2D eigenvalue weighted by Gasteiger charge is 2.21. The number of quaternary nitrogens is 1. The smallest absolute Gasteiger partial charge is 0.306 e. The van der Waals surface area contributed by atoms with Gasteiger partial charge in [-0.2, -0.15) is 0 Å². The Bertz CT molecular complexity index is 1440. The predicted molar refractivity (Wildman–Crippen MR) is 328 cm³/mol. The zero-order chi connectivity index (χ0) is 56.3. The van der Waals surface area contributed by atoms with Crippen LogP contribution in [0, 0.1) is 0 Å². The molecule has 0 saturated carbocycles. The van der Waals surface area contributed by atoms with Crippen LogP contribution in [0.15, 0.2) is 48.6 Å². The monoisotopic (exact) mass is 1100 g/mol. The number of esters is 2. The molecule has 0 aromatic heterocycles. The van der Waals surface area contributed by atoms with Crippen molar-refractivity contribution in [2.45, 2.75) is 322 Å². The second-order valence-electron chi connectivity index (χ2n) is 23.5. The normalized spacial score (nSPS) is 13.5. The maximum atomic E-state index is 12.7. The second-order valence-corrected chi connectivity index (χ2v) is 24.9. The van der Waals surface area contributed by atoms with Crippen LogP contribution in [0.4, 0.5) is 0 Å². The van der Waals surface area contributed by atoms with Crippen molar-refractivity contribution >= 4 is 19.8 Å². The predicted octanol–water partition coefficient (Wildman–Crippen LogP) is 20.2. The lowest BCUT2D eigenvalue weighted by molar-refractivity contribution is -0.870. The number of ether oxygens (including phenoxy) is 2. The Morgan fingerprint density at radius 2 is 0.740 bits per heavy atom. The number of unbranched alkanes of at least 4 members (excludes halogenated alkanes) is 39. The molecule has 77 heavy (non-hydrogen) atoms. The van der Waals surface area contributed by atoms with E-state index in [0.29, 0.717) is 17.4 Å². The summed E-state index contributed by atoms with van der Waals surface area (Å²) in [5.41, 5.74) is 0. The van der Waals surface area contributed by atoms with Crippen molar-refractivity contribution in [3.05, 3.63) is 48.6 Å². The van der Waals surface area contributed by atoms with E-state index in [-0.39, 0.29) is 26.1 Å². The fraction of sp³-hybridized carbons (Fsp3) is 0.851. The third kappa shape index (κ3) is 63.0. The molecule has 0 aromatic rings. The summed E-state index contributed by atoms with van der Waals surface area (Å²) in [7, 11) is 1.13. The topological polar surface area (TPSA) is 111 Å². The summed E-state index contributed by atoms with van der Waals surface area (Å²) < 4.78 is 34.0. The van der Waals surface area contributed by atoms with Gasteiger partial charge in [-0.3, -0.25) is 14.2 Å². The number of rotatable bonds is 61. The van der Waals surface area contributed by atoms with E-state index < -0.39 is 32.5 Å². The molecule has 0 saturated heterocycles. The van der Waals surface area contributed by atoms with Gasteiger partial charge in [0, 0.05) is 12.8 Å². The zero-order valence-electron chi connectivity index (χ0n) is 51.4. The molecule has 0 radical (unpaired) electrons. The van der Waals surface area contributed by atoms with Gasteiger partial charge in [-0.1, -0.05) is 313 Å². The molecule has 452 valence electrons. The fourth-order valence-corrected chi connectivity index (χ4v) is 10.3. The largest absolute Gasteiger partial charge is 0.756 e. The van der Waals surface area contributed by atoms with Crippen LogP contribution in [0.2, 0.25) is 0 Å². The van der Waals surface area contributed by atoms with Gasteiger partial charge in [0.15, 0.2) is 6.10 Å². The van der Waals surface area contributed by atoms with Gasteiger partial charge in [-0.15, -0.1) is 0 Å². The van der Waals surface area contributed by atoms with E-state index in [4.69, 9.17) is 18.5 Å². The van der Waals surface area contributed by atoms with Crippen LogP contribution >= 0.6 is 7.82 Å². The minimum Gasteiger partial charge on any atom is -0.756 e. The van der Waals surface area contributed by atoms with Crippen LogP contribution in [-0.4, -0.2) is 70.0 Å². The third-order valence-electron chi connectivity index (χ3n) is 14.6. The first kappa shape index (κ1) is 75.0. The van der Waals surface area contributed by atoms with Crippen LogP contribution in [0.25, 0.3) is 0 Å². The minimum atomic E-state index is -4.65. The van der Waals surface area contributed by atoms with Gasteiger partial charge in [-0.05, 0) is 38.5 Å². The summed E-state index contributed by atoms with van der Waals surface area (Å²) in [6, 6.07) is 0. The van der Waals surface area contributed by atoms with Crippen molar-refractivity contribution in [3.63, 3.8) is 0 Å². The summed E-state index contributed by atoms with van der Waals surface area (Å²) in [6.45, 7) is 4.07. The van der Waals surface area contributed by atoms with Crippen LogP contribution in [0.1, 0.15) is 316 Å².